The highest BCUT2D eigenvalue weighted by atomic mass is 32.2. The molecule has 6 nitrogen and oxygen atoms in total. The minimum absolute atomic E-state index is 0.00898. The van der Waals surface area contributed by atoms with Crippen molar-refractivity contribution < 1.29 is 19.5 Å². The van der Waals surface area contributed by atoms with Crippen LogP contribution in [-0.4, -0.2) is 40.4 Å². The van der Waals surface area contributed by atoms with Crippen LogP contribution in [0.15, 0.2) is 0 Å². The average molecular weight is 220 g/mol. The molecule has 14 heavy (non-hydrogen) atoms. The summed E-state index contributed by atoms with van der Waals surface area (Å²) in [6.45, 7) is 1.07. The number of rotatable bonds is 5. The van der Waals surface area contributed by atoms with E-state index in [0.29, 0.717) is 0 Å². The van der Waals surface area contributed by atoms with Gasteiger partial charge in [-0.05, 0) is 0 Å². The molecule has 7 heteroatoms. The maximum Gasteiger partial charge on any atom is 0.327 e. The standard InChI is InChI=1S/C7H12N2O4S/c1-4(10)9-5(7(12)13)3-14-6(11)2-8/h5H,2-3,8H2,1H3,(H,9,10)(H,12,13)/t5-/m0/s1. The lowest BCUT2D eigenvalue weighted by molar-refractivity contribution is -0.140. The third-order valence-electron chi connectivity index (χ3n) is 1.25. The van der Waals surface area contributed by atoms with Crippen molar-refractivity contribution in [1.29, 1.82) is 0 Å². The molecule has 0 aromatic rings. The Hall–Kier alpha value is -1.08. The van der Waals surface area contributed by atoms with E-state index in [1.165, 1.54) is 6.92 Å². The van der Waals surface area contributed by atoms with Crippen LogP contribution in [0.4, 0.5) is 0 Å². The lowest BCUT2D eigenvalue weighted by Crippen LogP contribution is -2.41. The van der Waals surface area contributed by atoms with Gasteiger partial charge in [-0.15, -0.1) is 0 Å². The van der Waals surface area contributed by atoms with Gasteiger partial charge in [0.15, 0.2) is 0 Å². The van der Waals surface area contributed by atoms with E-state index in [2.05, 4.69) is 5.32 Å². The molecule has 0 fully saturated rings. The van der Waals surface area contributed by atoms with Crippen molar-refractivity contribution in [2.75, 3.05) is 12.3 Å². The third-order valence-corrected chi connectivity index (χ3v) is 2.24. The number of carboxylic acids is 1. The van der Waals surface area contributed by atoms with Gasteiger partial charge in [0.1, 0.15) is 6.04 Å². The first-order valence-corrected chi connectivity index (χ1v) is 4.81. The second-order valence-electron chi connectivity index (χ2n) is 2.48. The lowest BCUT2D eigenvalue weighted by atomic mass is 10.3. The number of carbonyl (C=O) groups excluding carboxylic acids is 2. The first kappa shape index (κ1) is 12.9. The Labute approximate surface area is 85.2 Å². The number of nitrogens with two attached hydrogens (primary N) is 1. The van der Waals surface area contributed by atoms with E-state index in [1.54, 1.807) is 0 Å². The lowest BCUT2D eigenvalue weighted by Gasteiger charge is -2.11. The molecular formula is C7H12N2O4S. The zero-order valence-corrected chi connectivity index (χ0v) is 8.47. The summed E-state index contributed by atoms with van der Waals surface area (Å²) in [5.41, 5.74) is 5.03. The van der Waals surface area contributed by atoms with Crippen molar-refractivity contribution in [3.05, 3.63) is 0 Å². The molecule has 0 aromatic carbocycles. The van der Waals surface area contributed by atoms with Gasteiger partial charge >= 0.3 is 5.97 Å². The van der Waals surface area contributed by atoms with Gasteiger partial charge < -0.3 is 16.2 Å². The predicted molar refractivity (Wildman–Crippen MR) is 51.8 cm³/mol. The number of thioether (sulfide) groups is 1. The Balaban J connectivity index is 4.04. The van der Waals surface area contributed by atoms with Gasteiger partial charge in [-0.1, -0.05) is 11.8 Å². The minimum atomic E-state index is -1.17. The highest BCUT2D eigenvalue weighted by molar-refractivity contribution is 8.13. The second-order valence-corrected chi connectivity index (χ2v) is 3.56. The molecule has 0 heterocycles. The molecule has 0 radical (unpaired) electrons. The quantitative estimate of drug-likeness (QED) is 0.536. The fourth-order valence-electron chi connectivity index (χ4n) is 0.655. The Bertz CT molecular complexity index is 244. The fraction of sp³-hybridized carbons (Fsp3) is 0.571. The van der Waals surface area contributed by atoms with E-state index < -0.39 is 17.9 Å². The molecule has 0 bridgehead atoms. The van der Waals surface area contributed by atoms with Crippen LogP contribution in [0.1, 0.15) is 6.92 Å². The van der Waals surface area contributed by atoms with Crippen LogP contribution >= 0.6 is 11.8 Å². The minimum Gasteiger partial charge on any atom is -0.480 e. The van der Waals surface area contributed by atoms with Gasteiger partial charge in [0.05, 0.1) is 6.54 Å². The summed E-state index contributed by atoms with van der Waals surface area (Å²) in [7, 11) is 0. The highest BCUT2D eigenvalue weighted by Crippen LogP contribution is 2.03. The molecule has 0 saturated heterocycles. The Kier molecular flexibility index (Phi) is 5.89. The van der Waals surface area contributed by atoms with Crippen LogP contribution < -0.4 is 11.1 Å². The normalized spacial score (nSPS) is 11.9. The Morgan fingerprint density at radius 3 is 2.43 bits per heavy atom. The molecule has 0 saturated carbocycles. The zero-order valence-electron chi connectivity index (χ0n) is 7.65. The van der Waals surface area contributed by atoms with Gasteiger partial charge in [-0.2, -0.15) is 0 Å². The first-order chi connectivity index (χ1) is 6.47. The van der Waals surface area contributed by atoms with Crippen molar-refractivity contribution in [2.45, 2.75) is 13.0 Å². The molecule has 0 rings (SSSR count). The molecule has 0 spiro atoms. The molecule has 1 amide bonds. The van der Waals surface area contributed by atoms with Crippen LogP contribution in [0.3, 0.4) is 0 Å². The smallest absolute Gasteiger partial charge is 0.327 e. The highest BCUT2D eigenvalue weighted by Gasteiger charge is 2.19. The summed E-state index contributed by atoms with van der Waals surface area (Å²) in [5.74, 6) is -1.62. The van der Waals surface area contributed by atoms with Crippen molar-refractivity contribution >= 4 is 28.8 Å². The number of aliphatic carboxylic acids is 1. The van der Waals surface area contributed by atoms with E-state index in [-0.39, 0.29) is 17.4 Å². The topological polar surface area (TPSA) is 109 Å². The van der Waals surface area contributed by atoms with E-state index in [0.717, 1.165) is 11.8 Å². The van der Waals surface area contributed by atoms with Gasteiger partial charge in [0, 0.05) is 12.7 Å². The average Bonchev–Trinajstić information content (AvgIpc) is 2.10. The third kappa shape index (κ3) is 5.55. The van der Waals surface area contributed by atoms with Crippen LogP contribution in [0.2, 0.25) is 0 Å². The molecule has 1 atom stereocenters. The molecule has 0 aromatic heterocycles. The SMILES string of the molecule is CC(=O)N[C@@H](CSC(=O)CN)C(=O)O. The van der Waals surface area contributed by atoms with Gasteiger partial charge in [-0.25, -0.2) is 4.79 Å². The second kappa shape index (κ2) is 6.39. The molecule has 0 aliphatic heterocycles. The molecule has 0 aliphatic rings. The molecular weight excluding hydrogens is 208 g/mol. The van der Waals surface area contributed by atoms with Crippen LogP contribution in [-0.2, 0) is 14.4 Å². The summed E-state index contributed by atoms with van der Waals surface area (Å²) in [4.78, 5) is 31.9. The Morgan fingerprint density at radius 1 is 1.50 bits per heavy atom. The molecule has 0 aliphatic carbocycles. The predicted octanol–water partition coefficient (Wildman–Crippen LogP) is -1.21. The van der Waals surface area contributed by atoms with Gasteiger partial charge in [0.25, 0.3) is 0 Å². The van der Waals surface area contributed by atoms with Crippen LogP contribution in [0.25, 0.3) is 0 Å². The van der Waals surface area contributed by atoms with Crippen molar-refractivity contribution in [3.8, 4) is 0 Å². The van der Waals surface area contributed by atoms with Crippen molar-refractivity contribution in [1.82, 2.24) is 5.32 Å². The molecule has 80 valence electrons. The zero-order chi connectivity index (χ0) is 11.1. The van der Waals surface area contributed by atoms with E-state index in [9.17, 15) is 14.4 Å². The summed E-state index contributed by atoms with van der Waals surface area (Å²) in [6, 6.07) is -1.05. The summed E-state index contributed by atoms with van der Waals surface area (Å²) < 4.78 is 0. The monoisotopic (exact) mass is 220 g/mol. The summed E-state index contributed by atoms with van der Waals surface area (Å²) >= 11 is 0.795. The largest absolute Gasteiger partial charge is 0.480 e. The number of carboxylic acid groups (broad SMARTS) is 1. The number of nitrogens with one attached hydrogen (secondary N) is 1. The molecule has 0 unspecified atom stereocenters. The van der Waals surface area contributed by atoms with Crippen LogP contribution in [0.5, 0.6) is 0 Å². The number of hydrogen-bond acceptors (Lipinski definition) is 5. The van der Waals surface area contributed by atoms with Gasteiger partial charge in [-0.3, -0.25) is 9.59 Å². The van der Waals surface area contributed by atoms with Crippen molar-refractivity contribution in [3.63, 3.8) is 0 Å². The maximum absolute atomic E-state index is 10.8. The van der Waals surface area contributed by atoms with E-state index >= 15 is 0 Å². The maximum atomic E-state index is 10.8. The fourth-order valence-corrected chi connectivity index (χ4v) is 1.35. The van der Waals surface area contributed by atoms with E-state index in [4.69, 9.17) is 10.8 Å². The number of amides is 1. The first-order valence-electron chi connectivity index (χ1n) is 3.83. The summed E-state index contributed by atoms with van der Waals surface area (Å²) in [5, 5.41) is 10.5. The van der Waals surface area contributed by atoms with Crippen molar-refractivity contribution in [2.24, 2.45) is 5.73 Å². The van der Waals surface area contributed by atoms with E-state index in [1.807, 2.05) is 0 Å². The number of carbonyl (C=O) groups is 3. The number of hydrogen-bond donors (Lipinski definition) is 3. The summed E-state index contributed by atoms with van der Waals surface area (Å²) in [6.07, 6.45) is 0. The Morgan fingerprint density at radius 2 is 2.07 bits per heavy atom. The molecule has 4 N–H and O–H groups in total. The van der Waals surface area contributed by atoms with Gasteiger partial charge in [0.2, 0.25) is 11.0 Å². The van der Waals surface area contributed by atoms with Crippen LogP contribution in [0, 0.1) is 0 Å².